The summed E-state index contributed by atoms with van der Waals surface area (Å²) < 4.78 is 37.4. The van der Waals surface area contributed by atoms with Gasteiger partial charge in [-0.15, -0.1) is 11.8 Å². The van der Waals surface area contributed by atoms with Crippen molar-refractivity contribution in [2.24, 2.45) is 0 Å². The van der Waals surface area contributed by atoms with Crippen molar-refractivity contribution in [3.05, 3.63) is 23.8 Å². The molecule has 0 aliphatic rings. The quantitative estimate of drug-likeness (QED) is 0.730. The molecular formula is C12H15F3N2O2S. The maximum Gasteiger partial charge on any atom is 0.416 e. The van der Waals surface area contributed by atoms with Gasteiger partial charge < -0.3 is 16.2 Å². The zero-order chi connectivity index (χ0) is 15.3. The number of carbonyl (C=O) groups is 1. The van der Waals surface area contributed by atoms with Gasteiger partial charge in [-0.3, -0.25) is 4.79 Å². The first-order chi connectivity index (χ1) is 9.25. The predicted molar refractivity (Wildman–Crippen MR) is 73.5 cm³/mol. The fourth-order valence-corrected chi connectivity index (χ4v) is 2.06. The number of nitrogen functional groups attached to an aromatic ring is 1. The van der Waals surface area contributed by atoms with E-state index in [0.717, 1.165) is 18.2 Å². The third-order valence-corrected chi connectivity index (χ3v) is 3.60. The highest BCUT2D eigenvalue weighted by molar-refractivity contribution is 8.00. The monoisotopic (exact) mass is 308 g/mol. The Balaban J connectivity index is 2.76. The van der Waals surface area contributed by atoms with Gasteiger partial charge in [-0.1, -0.05) is 0 Å². The van der Waals surface area contributed by atoms with Gasteiger partial charge in [0.05, 0.1) is 28.8 Å². The summed E-state index contributed by atoms with van der Waals surface area (Å²) in [5.74, 6) is 0.0202. The van der Waals surface area contributed by atoms with Crippen molar-refractivity contribution in [3.8, 4) is 0 Å². The second-order valence-electron chi connectivity index (χ2n) is 4.03. The number of benzene rings is 1. The maximum absolute atomic E-state index is 12.5. The Morgan fingerprint density at radius 3 is 2.65 bits per heavy atom. The molecule has 1 unspecified atom stereocenters. The Bertz CT molecular complexity index is 480. The van der Waals surface area contributed by atoms with Gasteiger partial charge in [0.2, 0.25) is 5.91 Å². The van der Waals surface area contributed by atoms with Crippen LogP contribution in [0.2, 0.25) is 0 Å². The van der Waals surface area contributed by atoms with E-state index in [9.17, 15) is 18.0 Å². The molecule has 1 rings (SSSR count). The lowest BCUT2D eigenvalue weighted by Crippen LogP contribution is -2.23. The van der Waals surface area contributed by atoms with Crippen LogP contribution in [-0.2, 0) is 11.0 Å². The topological polar surface area (TPSA) is 75.3 Å². The molecule has 0 saturated heterocycles. The minimum Gasteiger partial charge on any atom is -0.397 e. The van der Waals surface area contributed by atoms with E-state index >= 15 is 0 Å². The van der Waals surface area contributed by atoms with E-state index < -0.39 is 17.0 Å². The summed E-state index contributed by atoms with van der Waals surface area (Å²) in [6.07, 6.45) is -4.47. The highest BCUT2D eigenvalue weighted by atomic mass is 32.2. The number of aliphatic hydroxyl groups excluding tert-OH is 1. The molecule has 0 aliphatic heterocycles. The molecular weight excluding hydrogens is 293 g/mol. The number of hydrogen-bond acceptors (Lipinski definition) is 4. The van der Waals surface area contributed by atoms with Crippen molar-refractivity contribution in [3.63, 3.8) is 0 Å². The van der Waals surface area contributed by atoms with Crippen LogP contribution in [-0.4, -0.2) is 28.6 Å². The molecule has 1 aromatic rings. The summed E-state index contributed by atoms with van der Waals surface area (Å²) in [5.41, 5.74) is 4.63. The van der Waals surface area contributed by atoms with Crippen molar-refractivity contribution < 1.29 is 23.1 Å². The lowest BCUT2D eigenvalue weighted by atomic mass is 10.1. The number of halogens is 3. The normalized spacial score (nSPS) is 13.1. The number of nitrogens with two attached hydrogens (primary N) is 1. The first-order valence-electron chi connectivity index (χ1n) is 5.75. The lowest BCUT2D eigenvalue weighted by molar-refractivity contribution is -0.137. The third-order valence-electron chi connectivity index (χ3n) is 2.47. The summed E-state index contributed by atoms with van der Waals surface area (Å²) in [5, 5.41) is 10.7. The van der Waals surface area contributed by atoms with Crippen LogP contribution in [0.25, 0.3) is 0 Å². The molecule has 0 fully saturated rings. The van der Waals surface area contributed by atoms with Crippen molar-refractivity contribution in [2.45, 2.75) is 18.3 Å². The highest BCUT2D eigenvalue weighted by Crippen LogP contribution is 2.32. The molecule has 0 bridgehead atoms. The summed E-state index contributed by atoms with van der Waals surface area (Å²) in [6.45, 7) is 1.58. The summed E-state index contributed by atoms with van der Waals surface area (Å²) in [6, 6.07) is 2.76. The molecule has 0 heterocycles. The number of thioether (sulfide) groups is 1. The Morgan fingerprint density at radius 1 is 1.50 bits per heavy atom. The van der Waals surface area contributed by atoms with Gasteiger partial charge in [-0.2, -0.15) is 13.2 Å². The minimum absolute atomic E-state index is 0.0509. The van der Waals surface area contributed by atoms with Crippen molar-refractivity contribution in [2.75, 3.05) is 23.4 Å². The van der Waals surface area contributed by atoms with Crippen LogP contribution in [0.15, 0.2) is 18.2 Å². The molecule has 8 heteroatoms. The Labute approximate surface area is 118 Å². The van der Waals surface area contributed by atoms with Crippen LogP contribution >= 0.6 is 11.8 Å². The zero-order valence-electron chi connectivity index (χ0n) is 10.7. The smallest absolute Gasteiger partial charge is 0.397 e. The second kappa shape index (κ2) is 6.85. The average Bonchev–Trinajstić information content (AvgIpc) is 2.36. The molecule has 1 amide bonds. The lowest BCUT2D eigenvalue weighted by Gasteiger charge is -2.14. The maximum atomic E-state index is 12.5. The van der Waals surface area contributed by atoms with E-state index in [-0.39, 0.29) is 23.9 Å². The molecule has 0 aliphatic carbocycles. The number of aliphatic hydroxyl groups is 1. The molecule has 4 nitrogen and oxygen atoms in total. The fraction of sp³-hybridized carbons (Fsp3) is 0.417. The molecule has 1 aromatic carbocycles. The highest BCUT2D eigenvalue weighted by Gasteiger charge is 2.31. The standard InChI is InChI=1S/C12H15F3N2O2S/c1-7(20-5-4-18)11(19)17-10-3-2-8(6-9(10)16)12(13,14)15/h2-3,6-7,18H,4-5,16H2,1H3,(H,17,19). The Kier molecular flexibility index (Phi) is 5.70. The number of amides is 1. The molecule has 0 radical (unpaired) electrons. The first kappa shape index (κ1) is 16.6. The van der Waals surface area contributed by atoms with Crippen LogP contribution < -0.4 is 11.1 Å². The Morgan fingerprint density at radius 2 is 2.15 bits per heavy atom. The van der Waals surface area contributed by atoms with Crippen LogP contribution in [0.3, 0.4) is 0 Å². The van der Waals surface area contributed by atoms with E-state index in [2.05, 4.69) is 5.32 Å². The van der Waals surface area contributed by atoms with Gasteiger partial charge >= 0.3 is 6.18 Å². The van der Waals surface area contributed by atoms with E-state index in [1.165, 1.54) is 11.8 Å². The third kappa shape index (κ3) is 4.61. The largest absolute Gasteiger partial charge is 0.416 e. The average molecular weight is 308 g/mol. The van der Waals surface area contributed by atoms with Crippen LogP contribution in [0.4, 0.5) is 24.5 Å². The van der Waals surface area contributed by atoms with Gasteiger partial charge in [-0.25, -0.2) is 0 Å². The van der Waals surface area contributed by atoms with Crippen LogP contribution in [0, 0.1) is 0 Å². The van der Waals surface area contributed by atoms with Crippen LogP contribution in [0.1, 0.15) is 12.5 Å². The number of hydrogen-bond donors (Lipinski definition) is 3. The van der Waals surface area contributed by atoms with Crippen molar-refractivity contribution in [1.82, 2.24) is 0 Å². The molecule has 4 N–H and O–H groups in total. The van der Waals surface area contributed by atoms with E-state index in [4.69, 9.17) is 10.8 Å². The van der Waals surface area contributed by atoms with Crippen molar-refractivity contribution >= 4 is 29.0 Å². The fourth-order valence-electron chi connectivity index (χ4n) is 1.39. The molecule has 20 heavy (non-hydrogen) atoms. The van der Waals surface area contributed by atoms with Gasteiger partial charge in [-0.05, 0) is 25.1 Å². The predicted octanol–water partition coefficient (Wildman–Crippen LogP) is 2.34. The van der Waals surface area contributed by atoms with Gasteiger partial charge in [0.15, 0.2) is 0 Å². The molecule has 0 saturated carbocycles. The summed E-state index contributed by atoms with van der Waals surface area (Å²) in [4.78, 5) is 11.8. The van der Waals surface area contributed by atoms with Gasteiger partial charge in [0.1, 0.15) is 0 Å². The molecule has 0 spiro atoms. The van der Waals surface area contributed by atoms with E-state index in [1.54, 1.807) is 6.92 Å². The first-order valence-corrected chi connectivity index (χ1v) is 6.80. The molecule has 1 atom stereocenters. The zero-order valence-corrected chi connectivity index (χ0v) is 11.5. The number of nitrogens with one attached hydrogen (secondary N) is 1. The minimum atomic E-state index is -4.47. The number of rotatable bonds is 5. The van der Waals surface area contributed by atoms with Gasteiger partial charge in [0.25, 0.3) is 0 Å². The number of alkyl halides is 3. The van der Waals surface area contributed by atoms with E-state index in [1.807, 2.05) is 0 Å². The molecule has 0 aromatic heterocycles. The Hall–Kier alpha value is -1.41. The molecule has 112 valence electrons. The second-order valence-corrected chi connectivity index (χ2v) is 5.47. The van der Waals surface area contributed by atoms with Gasteiger partial charge in [0, 0.05) is 5.75 Å². The number of carbonyl (C=O) groups excluding carboxylic acids is 1. The summed E-state index contributed by atoms with van der Waals surface area (Å²) >= 11 is 1.23. The van der Waals surface area contributed by atoms with E-state index in [0.29, 0.717) is 5.75 Å². The number of anilines is 2. The summed E-state index contributed by atoms with van der Waals surface area (Å²) in [7, 11) is 0. The van der Waals surface area contributed by atoms with Crippen LogP contribution in [0.5, 0.6) is 0 Å². The van der Waals surface area contributed by atoms with Crippen molar-refractivity contribution in [1.29, 1.82) is 0 Å². The SMILES string of the molecule is CC(SCCO)C(=O)Nc1ccc(C(F)(F)F)cc1N.